The van der Waals surface area contributed by atoms with Crippen LogP contribution in [0.15, 0.2) is 12.4 Å². The third-order valence-corrected chi connectivity index (χ3v) is 1.52. The molecule has 0 fully saturated rings. The molecule has 5 nitrogen and oxygen atoms in total. The van der Waals surface area contributed by atoms with Crippen LogP contribution in [0.3, 0.4) is 0 Å². The zero-order chi connectivity index (χ0) is 9.68. The summed E-state index contributed by atoms with van der Waals surface area (Å²) in [5.74, 6) is -1.06. The van der Waals surface area contributed by atoms with Crippen LogP contribution in [0.4, 0.5) is 0 Å². The lowest BCUT2D eigenvalue weighted by atomic mass is 10.2. The van der Waals surface area contributed by atoms with Crippen molar-refractivity contribution in [2.24, 2.45) is 0 Å². The summed E-state index contributed by atoms with van der Waals surface area (Å²) in [6.45, 7) is 0.443. The van der Waals surface area contributed by atoms with E-state index >= 15 is 0 Å². The Balaban J connectivity index is 2.84. The van der Waals surface area contributed by atoms with Gasteiger partial charge in [0.25, 0.3) is 0 Å². The van der Waals surface area contributed by atoms with Crippen LogP contribution in [0.25, 0.3) is 0 Å². The molecule has 0 spiro atoms. The first kappa shape index (κ1) is 9.60. The Labute approximate surface area is 75.4 Å². The molecule has 13 heavy (non-hydrogen) atoms. The van der Waals surface area contributed by atoms with Crippen LogP contribution in [0.1, 0.15) is 16.2 Å². The lowest BCUT2D eigenvalue weighted by molar-refractivity contribution is 0.0688. The molecule has 5 heteroatoms. The van der Waals surface area contributed by atoms with E-state index in [0.29, 0.717) is 18.7 Å². The molecule has 0 unspecified atom stereocenters. The van der Waals surface area contributed by atoms with Gasteiger partial charge in [0.05, 0.1) is 12.3 Å². The molecule has 1 heterocycles. The molecular formula is C8H10N2O3. The average molecular weight is 182 g/mol. The van der Waals surface area contributed by atoms with Gasteiger partial charge in [0.15, 0.2) is 5.69 Å². The number of carboxylic acids is 1. The highest BCUT2D eigenvalue weighted by atomic mass is 16.5. The maximum absolute atomic E-state index is 10.6. The van der Waals surface area contributed by atoms with E-state index < -0.39 is 5.97 Å². The standard InChI is InChI=1S/C8H10N2O3/c1-13-5-2-6-7(8(11)12)10-4-3-9-6/h3-4H,2,5H2,1H3,(H,11,12). The second kappa shape index (κ2) is 4.51. The summed E-state index contributed by atoms with van der Waals surface area (Å²) in [6, 6.07) is 0. The minimum atomic E-state index is -1.06. The number of hydrogen-bond donors (Lipinski definition) is 1. The lowest BCUT2D eigenvalue weighted by Crippen LogP contribution is -2.09. The van der Waals surface area contributed by atoms with Gasteiger partial charge in [0, 0.05) is 25.9 Å². The van der Waals surface area contributed by atoms with Crippen molar-refractivity contribution >= 4 is 5.97 Å². The van der Waals surface area contributed by atoms with Gasteiger partial charge in [0.2, 0.25) is 0 Å². The molecule has 0 aliphatic rings. The first-order valence-electron chi connectivity index (χ1n) is 3.78. The molecule has 0 saturated heterocycles. The van der Waals surface area contributed by atoms with Crippen molar-refractivity contribution in [2.45, 2.75) is 6.42 Å². The number of ether oxygens (including phenoxy) is 1. The van der Waals surface area contributed by atoms with Crippen LogP contribution in [0.5, 0.6) is 0 Å². The summed E-state index contributed by atoms with van der Waals surface area (Å²) in [5.41, 5.74) is 0.455. The summed E-state index contributed by atoms with van der Waals surface area (Å²) in [7, 11) is 1.55. The quantitative estimate of drug-likeness (QED) is 0.728. The zero-order valence-corrected chi connectivity index (χ0v) is 7.23. The third kappa shape index (κ3) is 2.48. The van der Waals surface area contributed by atoms with Crippen molar-refractivity contribution in [2.75, 3.05) is 13.7 Å². The molecule has 1 aromatic rings. The average Bonchev–Trinajstić information content (AvgIpc) is 2.15. The number of methoxy groups -OCH3 is 1. The zero-order valence-electron chi connectivity index (χ0n) is 7.23. The molecule has 1 rings (SSSR count). The van der Waals surface area contributed by atoms with Crippen molar-refractivity contribution in [3.8, 4) is 0 Å². The summed E-state index contributed by atoms with van der Waals surface area (Å²) in [6.07, 6.45) is 3.29. The first-order chi connectivity index (χ1) is 6.25. The SMILES string of the molecule is COCCc1nccnc1C(=O)O. The van der Waals surface area contributed by atoms with Crippen LogP contribution in [-0.2, 0) is 11.2 Å². The molecule has 0 aromatic carbocycles. The maximum Gasteiger partial charge on any atom is 0.356 e. The van der Waals surface area contributed by atoms with E-state index in [-0.39, 0.29) is 5.69 Å². The van der Waals surface area contributed by atoms with Gasteiger partial charge in [-0.2, -0.15) is 0 Å². The van der Waals surface area contributed by atoms with E-state index in [1.807, 2.05) is 0 Å². The van der Waals surface area contributed by atoms with Gasteiger partial charge in [-0.15, -0.1) is 0 Å². The van der Waals surface area contributed by atoms with E-state index in [1.54, 1.807) is 7.11 Å². The molecule has 0 bridgehead atoms. The number of aromatic nitrogens is 2. The van der Waals surface area contributed by atoms with Gasteiger partial charge in [-0.05, 0) is 0 Å². The van der Waals surface area contributed by atoms with Crippen molar-refractivity contribution in [1.29, 1.82) is 0 Å². The van der Waals surface area contributed by atoms with Gasteiger partial charge in [0.1, 0.15) is 0 Å². The summed E-state index contributed by atoms with van der Waals surface area (Å²) in [4.78, 5) is 18.3. The molecule has 0 aliphatic carbocycles. The number of aromatic carboxylic acids is 1. The molecule has 0 saturated carbocycles. The Hall–Kier alpha value is -1.49. The molecule has 0 radical (unpaired) electrons. The second-order valence-corrected chi connectivity index (χ2v) is 2.40. The Morgan fingerprint density at radius 1 is 1.54 bits per heavy atom. The van der Waals surface area contributed by atoms with Crippen LogP contribution in [-0.4, -0.2) is 34.8 Å². The molecule has 0 amide bonds. The monoisotopic (exact) mass is 182 g/mol. The van der Waals surface area contributed by atoms with Crippen molar-refractivity contribution in [3.05, 3.63) is 23.8 Å². The predicted octanol–water partition coefficient (Wildman–Crippen LogP) is 0.364. The maximum atomic E-state index is 10.6. The fraction of sp³-hybridized carbons (Fsp3) is 0.375. The molecule has 0 atom stereocenters. The van der Waals surface area contributed by atoms with E-state index in [2.05, 4.69) is 9.97 Å². The summed E-state index contributed by atoms with van der Waals surface area (Å²) >= 11 is 0. The highest BCUT2D eigenvalue weighted by Crippen LogP contribution is 2.02. The molecule has 70 valence electrons. The Morgan fingerprint density at radius 2 is 2.23 bits per heavy atom. The molecular weight excluding hydrogens is 172 g/mol. The smallest absolute Gasteiger partial charge is 0.356 e. The number of carbonyl (C=O) groups is 1. The fourth-order valence-electron chi connectivity index (χ4n) is 0.927. The van der Waals surface area contributed by atoms with Crippen LogP contribution in [0, 0.1) is 0 Å². The third-order valence-electron chi connectivity index (χ3n) is 1.52. The first-order valence-corrected chi connectivity index (χ1v) is 3.78. The number of nitrogens with zero attached hydrogens (tertiary/aromatic N) is 2. The Bertz CT molecular complexity index is 301. The van der Waals surface area contributed by atoms with Crippen molar-refractivity contribution in [3.63, 3.8) is 0 Å². The predicted molar refractivity (Wildman–Crippen MR) is 44.6 cm³/mol. The van der Waals surface area contributed by atoms with Gasteiger partial charge < -0.3 is 9.84 Å². The minimum absolute atomic E-state index is 0.000417. The van der Waals surface area contributed by atoms with Crippen LogP contribution in [0.2, 0.25) is 0 Å². The topological polar surface area (TPSA) is 72.3 Å². The van der Waals surface area contributed by atoms with Gasteiger partial charge in [-0.25, -0.2) is 9.78 Å². The lowest BCUT2D eigenvalue weighted by Gasteiger charge is -2.01. The Morgan fingerprint density at radius 3 is 2.85 bits per heavy atom. The van der Waals surface area contributed by atoms with E-state index in [1.165, 1.54) is 12.4 Å². The minimum Gasteiger partial charge on any atom is -0.476 e. The fourth-order valence-corrected chi connectivity index (χ4v) is 0.927. The molecule has 1 aromatic heterocycles. The van der Waals surface area contributed by atoms with E-state index in [9.17, 15) is 4.79 Å². The Kier molecular flexibility index (Phi) is 3.33. The van der Waals surface area contributed by atoms with Gasteiger partial charge in [-0.1, -0.05) is 0 Å². The second-order valence-electron chi connectivity index (χ2n) is 2.40. The van der Waals surface area contributed by atoms with Crippen LogP contribution < -0.4 is 0 Å². The number of carboxylic acid groups (broad SMARTS) is 1. The van der Waals surface area contributed by atoms with E-state index in [0.717, 1.165) is 0 Å². The van der Waals surface area contributed by atoms with Crippen LogP contribution >= 0.6 is 0 Å². The van der Waals surface area contributed by atoms with Crippen molar-refractivity contribution in [1.82, 2.24) is 9.97 Å². The van der Waals surface area contributed by atoms with Gasteiger partial charge in [-0.3, -0.25) is 4.98 Å². The van der Waals surface area contributed by atoms with Crippen molar-refractivity contribution < 1.29 is 14.6 Å². The highest BCUT2D eigenvalue weighted by molar-refractivity contribution is 5.86. The van der Waals surface area contributed by atoms with Gasteiger partial charge >= 0.3 is 5.97 Å². The molecule has 1 N–H and O–H groups in total. The van der Waals surface area contributed by atoms with E-state index in [4.69, 9.17) is 9.84 Å². The molecule has 0 aliphatic heterocycles. The normalized spacial score (nSPS) is 9.92. The summed E-state index contributed by atoms with van der Waals surface area (Å²) in [5, 5.41) is 8.72. The highest BCUT2D eigenvalue weighted by Gasteiger charge is 2.11. The number of rotatable bonds is 4. The largest absolute Gasteiger partial charge is 0.476 e. The summed E-state index contributed by atoms with van der Waals surface area (Å²) < 4.78 is 4.82. The number of hydrogen-bond acceptors (Lipinski definition) is 4.